The SMILES string of the molecule is O=C(Nc1c2c(nn1-c1nc3ccccc3s1)CCC2)C1CCCN(S(=O)(=O)c2ccc(F)cc2)C1. The van der Waals surface area contributed by atoms with Gasteiger partial charge in [0.25, 0.3) is 0 Å². The smallest absolute Gasteiger partial charge is 0.243 e. The number of amides is 1. The van der Waals surface area contributed by atoms with Crippen molar-refractivity contribution in [3.05, 3.63) is 65.6 Å². The predicted octanol–water partition coefficient (Wildman–Crippen LogP) is 4.15. The van der Waals surface area contributed by atoms with Crippen LogP contribution < -0.4 is 5.32 Å². The highest BCUT2D eigenvalue weighted by molar-refractivity contribution is 7.89. The van der Waals surface area contributed by atoms with Crippen LogP contribution in [0, 0.1) is 11.7 Å². The number of nitrogens with one attached hydrogen (secondary N) is 1. The minimum absolute atomic E-state index is 0.0247. The number of halogens is 1. The zero-order chi connectivity index (χ0) is 24.9. The van der Waals surface area contributed by atoms with Crippen LogP contribution in [0.25, 0.3) is 15.3 Å². The number of hydrogen-bond acceptors (Lipinski definition) is 6. The number of anilines is 1. The molecule has 0 spiro atoms. The van der Waals surface area contributed by atoms with Gasteiger partial charge in [0, 0.05) is 18.7 Å². The molecule has 0 saturated carbocycles. The fourth-order valence-electron chi connectivity index (χ4n) is 4.96. The standard InChI is InChI=1S/C25H24FN5O3S2/c26-17-10-12-18(13-11-17)36(33,34)30-14-4-5-16(15-30)24(32)28-23-19-6-3-8-20(19)29-31(23)25-27-21-7-1-2-9-22(21)35-25/h1-2,7,9-13,16H,3-6,8,14-15H2,(H,28,32). The molecule has 2 aromatic heterocycles. The maximum absolute atomic E-state index is 13.4. The van der Waals surface area contributed by atoms with E-state index in [4.69, 9.17) is 10.1 Å². The van der Waals surface area contributed by atoms with Crippen LogP contribution in [-0.2, 0) is 27.7 Å². The first kappa shape index (κ1) is 23.3. The van der Waals surface area contributed by atoms with Gasteiger partial charge in [-0.2, -0.15) is 14.1 Å². The van der Waals surface area contributed by atoms with Crippen molar-refractivity contribution in [1.29, 1.82) is 0 Å². The van der Waals surface area contributed by atoms with Gasteiger partial charge in [-0.15, -0.1) is 0 Å². The molecule has 1 fully saturated rings. The van der Waals surface area contributed by atoms with E-state index in [1.54, 1.807) is 4.68 Å². The van der Waals surface area contributed by atoms with Gasteiger partial charge in [0.1, 0.15) is 11.6 Å². The molecule has 8 nitrogen and oxygen atoms in total. The summed E-state index contributed by atoms with van der Waals surface area (Å²) < 4.78 is 43.6. The maximum atomic E-state index is 13.4. The molecule has 4 aromatic rings. The minimum Gasteiger partial charge on any atom is -0.310 e. The molecule has 1 amide bonds. The van der Waals surface area contributed by atoms with Crippen molar-refractivity contribution < 1.29 is 17.6 Å². The van der Waals surface area contributed by atoms with Crippen molar-refractivity contribution >= 4 is 43.3 Å². The third-order valence-electron chi connectivity index (χ3n) is 6.82. The average Bonchev–Trinajstić information content (AvgIpc) is 3.60. The van der Waals surface area contributed by atoms with E-state index in [9.17, 15) is 17.6 Å². The second kappa shape index (κ2) is 9.06. The number of carbonyl (C=O) groups excluding carboxylic acids is 1. The highest BCUT2D eigenvalue weighted by Crippen LogP contribution is 2.34. The Morgan fingerprint density at radius 3 is 2.69 bits per heavy atom. The number of thiazole rings is 1. The van der Waals surface area contributed by atoms with Crippen LogP contribution in [0.4, 0.5) is 10.2 Å². The molecular formula is C25H24FN5O3S2. The molecule has 1 aliphatic carbocycles. The number of nitrogens with zero attached hydrogens (tertiary/aromatic N) is 4. The molecule has 3 heterocycles. The molecule has 186 valence electrons. The van der Waals surface area contributed by atoms with Gasteiger partial charge < -0.3 is 5.32 Å². The summed E-state index contributed by atoms with van der Waals surface area (Å²) in [6, 6.07) is 12.6. The Labute approximate surface area is 211 Å². The van der Waals surface area contributed by atoms with Crippen molar-refractivity contribution in [3.63, 3.8) is 0 Å². The van der Waals surface area contributed by atoms with Crippen molar-refractivity contribution in [3.8, 4) is 5.13 Å². The highest BCUT2D eigenvalue weighted by Gasteiger charge is 2.35. The molecule has 36 heavy (non-hydrogen) atoms. The van der Waals surface area contributed by atoms with Gasteiger partial charge in [-0.3, -0.25) is 4.79 Å². The fourth-order valence-corrected chi connectivity index (χ4v) is 7.41. The molecule has 6 rings (SSSR count). The number of hydrogen-bond donors (Lipinski definition) is 1. The number of piperidine rings is 1. The second-order valence-electron chi connectivity index (χ2n) is 9.15. The summed E-state index contributed by atoms with van der Waals surface area (Å²) in [5.41, 5.74) is 2.86. The lowest BCUT2D eigenvalue weighted by Gasteiger charge is -2.31. The Morgan fingerprint density at radius 2 is 1.89 bits per heavy atom. The largest absolute Gasteiger partial charge is 0.310 e. The average molecular weight is 526 g/mol. The van der Waals surface area contributed by atoms with Gasteiger partial charge in [-0.1, -0.05) is 23.5 Å². The summed E-state index contributed by atoms with van der Waals surface area (Å²) in [7, 11) is -3.82. The lowest BCUT2D eigenvalue weighted by Crippen LogP contribution is -2.43. The Bertz CT molecular complexity index is 1530. The lowest BCUT2D eigenvalue weighted by atomic mass is 9.99. The van der Waals surface area contributed by atoms with Crippen molar-refractivity contribution in [1.82, 2.24) is 19.1 Å². The zero-order valence-corrected chi connectivity index (χ0v) is 21.0. The number of aryl methyl sites for hydroxylation is 1. The Hall–Kier alpha value is -3.15. The van der Waals surface area contributed by atoms with E-state index in [2.05, 4.69) is 5.32 Å². The summed E-state index contributed by atoms with van der Waals surface area (Å²) in [6.07, 6.45) is 3.80. The number of fused-ring (bicyclic) bond motifs is 2. The van der Waals surface area contributed by atoms with E-state index >= 15 is 0 Å². The van der Waals surface area contributed by atoms with Gasteiger partial charge in [-0.25, -0.2) is 17.8 Å². The van der Waals surface area contributed by atoms with E-state index in [0.29, 0.717) is 30.3 Å². The van der Waals surface area contributed by atoms with Crippen LogP contribution in [0.3, 0.4) is 0 Å². The summed E-state index contributed by atoms with van der Waals surface area (Å²) in [5, 5.41) is 8.53. The maximum Gasteiger partial charge on any atom is 0.243 e. The topological polar surface area (TPSA) is 97.2 Å². The van der Waals surface area contributed by atoms with Crippen molar-refractivity contribution in [2.45, 2.75) is 37.0 Å². The van der Waals surface area contributed by atoms with E-state index in [1.807, 2.05) is 24.3 Å². The fraction of sp³-hybridized carbons (Fsp3) is 0.320. The predicted molar refractivity (Wildman–Crippen MR) is 135 cm³/mol. The zero-order valence-electron chi connectivity index (χ0n) is 19.4. The molecular weight excluding hydrogens is 501 g/mol. The Kier molecular flexibility index (Phi) is 5.85. The molecule has 0 radical (unpaired) electrons. The number of sulfonamides is 1. The van der Waals surface area contributed by atoms with Crippen LogP contribution in [0.5, 0.6) is 0 Å². The third kappa shape index (κ3) is 4.10. The third-order valence-corrected chi connectivity index (χ3v) is 9.71. The number of rotatable bonds is 5. The van der Waals surface area contributed by atoms with Crippen LogP contribution >= 0.6 is 11.3 Å². The molecule has 2 aliphatic rings. The van der Waals surface area contributed by atoms with Crippen LogP contribution in [0.1, 0.15) is 30.5 Å². The number of para-hydroxylation sites is 1. The number of benzene rings is 2. The van der Waals surface area contributed by atoms with E-state index in [-0.39, 0.29) is 17.3 Å². The van der Waals surface area contributed by atoms with Gasteiger partial charge in [0.2, 0.25) is 21.1 Å². The van der Waals surface area contributed by atoms with Gasteiger partial charge in [-0.05, 0) is 68.5 Å². The van der Waals surface area contributed by atoms with Gasteiger partial charge in [0.15, 0.2) is 0 Å². The highest BCUT2D eigenvalue weighted by atomic mass is 32.2. The van der Waals surface area contributed by atoms with Crippen LogP contribution in [0.2, 0.25) is 0 Å². The van der Waals surface area contributed by atoms with Gasteiger partial charge in [0.05, 0.1) is 26.7 Å². The van der Waals surface area contributed by atoms with Gasteiger partial charge >= 0.3 is 0 Å². The van der Waals surface area contributed by atoms with Crippen molar-refractivity contribution in [2.75, 3.05) is 18.4 Å². The first-order valence-corrected chi connectivity index (χ1v) is 14.2. The molecule has 1 unspecified atom stereocenters. The molecule has 11 heteroatoms. The molecule has 2 aromatic carbocycles. The quantitative estimate of drug-likeness (QED) is 0.422. The second-order valence-corrected chi connectivity index (χ2v) is 12.1. The lowest BCUT2D eigenvalue weighted by molar-refractivity contribution is -0.120. The monoisotopic (exact) mass is 525 g/mol. The normalized spacial score (nSPS) is 18.4. The summed E-state index contributed by atoms with van der Waals surface area (Å²) >= 11 is 1.51. The Morgan fingerprint density at radius 1 is 1.08 bits per heavy atom. The molecule has 1 saturated heterocycles. The van der Waals surface area contributed by atoms with E-state index < -0.39 is 21.8 Å². The number of aromatic nitrogens is 3. The van der Waals surface area contributed by atoms with Crippen LogP contribution in [0.15, 0.2) is 53.4 Å². The molecule has 1 N–H and O–H groups in total. The van der Waals surface area contributed by atoms with Crippen molar-refractivity contribution in [2.24, 2.45) is 5.92 Å². The van der Waals surface area contributed by atoms with E-state index in [1.165, 1.54) is 27.8 Å². The summed E-state index contributed by atoms with van der Waals surface area (Å²) in [4.78, 5) is 18.2. The number of carbonyl (C=O) groups is 1. The Balaban J connectivity index is 1.26. The summed E-state index contributed by atoms with van der Waals surface area (Å²) in [5.74, 6) is -0.608. The van der Waals surface area contributed by atoms with E-state index in [0.717, 1.165) is 52.9 Å². The first-order chi connectivity index (χ1) is 17.4. The minimum atomic E-state index is -3.82. The molecule has 0 bridgehead atoms. The molecule has 1 aliphatic heterocycles. The van der Waals surface area contributed by atoms with Crippen LogP contribution in [-0.4, -0.2) is 46.5 Å². The molecule has 1 atom stereocenters. The first-order valence-electron chi connectivity index (χ1n) is 11.9. The summed E-state index contributed by atoms with van der Waals surface area (Å²) in [6.45, 7) is 0.394.